The number of H-pyrrole nitrogens is 1. The maximum atomic E-state index is 11.3. The Morgan fingerprint density at radius 2 is 2.17 bits per heavy atom. The molecule has 0 saturated carbocycles. The third kappa shape index (κ3) is 3.01. The Balaban J connectivity index is 2.10. The number of aryl methyl sites for hydroxylation is 1. The lowest BCUT2D eigenvalue weighted by atomic mass is 10.2. The van der Waals surface area contributed by atoms with Crippen LogP contribution in [0.1, 0.15) is 11.3 Å². The van der Waals surface area contributed by atoms with E-state index in [0.29, 0.717) is 5.69 Å². The lowest BCUT2D eigenvalue weighted by Crippen LogP contribution is -2.15. The summed E-state index contributed by atoms with van der Waals surface area (Å²) in [4.78, 5) is 13.8. The molecule has 18 heavy (non-hydrogen) atoms. The third-order valence-electron chi connectivity index (χ3n) is 2.14. The smallest absolute Gasteiger partial charge is 0.274 e. The number of halogens is 1. The van der Waals surface area contributed by atoms with Crippen molar-refractivity contribution in [1.29, 1.82) is 0 Å². The molecule has 0 fully saturated rings. The number of aromatic amines is 1. The number of hydrogen-bond donors (Lipinski definition) is 2. The van der Waals surface area contributed by atoms with Crippen molar-refractivity contribution in [3.05, 3.63) is 50.3 Å². The standard InChI is InChI=1S/C11H10BrN5O/c1-7-10(18)14-11(17-15-7)16-13-6-8-4-2-3-5-9(8)12/h2-6H,1H3,(H2,14,16,17,18)/b13-6-. The number of anilines is 1. The topological polar surface area (TPSA) is 83.0 Å². The minimum absolute atomic E-state index is 0.203. The first-order valence-electron chi connectivity index (χ1n) is 5.14. The van der Waals surface area contributed by atoms with Gasteiger partial charge in [-0.05, 0) is 13.0 Å². The molecule has 0 unspecified atom stereocenters. The molecule has 1 aromatic heterocycles. The van der Waals surface area contributed by atoms with E-state index in [2.05, 4.69) is 41.6 Å². The summed E-state index contributed by atoms with van der Waals surface area (Å²) < 4.78 is 0.930. The predicted octanol–water partition coefficient (Wildman–Crippen LogP) is 1.68. The van der Waals surface area contributed by atoms with Crippen molar-refractivity contribution < 1.29 is 0 Å². The lowest BCUT2D eigenvalue weighted by Gasteiger charge is -1.99. The molecule has 0 aliphatic rings. The molecule has 92 valence electrons. The van der Waals surface area contributed by atoms with E-state index >= 15 is 0 Å². The van der Waals surface area contributed by atoms with Gasteiger partial charge in [0.1, 0.15) is 5.69 Å². The second kappa shape index (κ2) is 5.54. The largest absolute Gasteiger partial charge is 0.288 e. The average molecular weight is 308 g/mol. The maximum Gasteiger partial charge on any atom is 0.274 e. The minimum atomic E-state index is -0.288. The highest BCUT2D eigenvalue weighted by molar-refractivity contribution is 9.10. The van der Waals surface area contributed by atoms with E-state index in [1.54, 1.807) is 13.1 Å². The molecule has 7 heteroatoms. The number of nitrogens with one attached hydrogen (secondary N) is 2. The molecule has 0 spiro atoms. The van der Waals surface area contributed by atoms with Crippen LogP contribution in [0, 0.1) is 6.92 Å². The fourth-order valence-electron chi connectivity index (χ4n) is 1.19. The van der Waals surface area contributed by atoms with Crippen LogP contribution >= 0.6 is 15.9 Å². The lowest BCUT2D eigenvalue weighted by molar-refractivity contribution is 0.897. The van der Waals surface area contributed by atoms with Gasteiger partial charge in [0.25, 0.3) is 5.56 Å². The van der Waals surface area contributed by atoms with Crippen LogP contribution in [-0.2, 0) is 0 Å². The first-order chi connectivity index (χ1) is 8.66. The van der Waals surface area contributed by atoms with Gasteiger partial charge in [-0.2, -0.15) is 5.10 Å². The summed E-state index contributed by atoms with van der Waals surface area (Å²) in [7, 11) is 0. The first kappa shape index (κ1) is 12.4. The summed E-state index contributed by atoms with van der Waals surface area (Å²) in [6, 6.07) is 7.63. The van der Waals surface area contributed by atoms with E-state index in [4.69, 9.17) is 0 Å². The van der Waals surface area contributed by atoms with Crippen LogP contribution < -0.4 is 11.0 Å². The Hall–Kier alpha value is -2.02. The van der Waals surface area contributed by atoms with Gasteiger partial charge in [0, 0.05) is 10.0 Å². The molecule has 0 saturated heterocycles. The van der Waals surface area contributed by atoms with Crippen LogP contribution in [-0.4, -0.2) is 21.4 Å². The fraction of sp³-hybridized carbons (Fsp3) is 0.0909. The van der Waals surface area contributed by atoms with Gasteiger partial charge < -0.3 is 0 Å². The number of aromatic nitrogens is 3. The quantitative estimate of drug-likeness (QED) is 0.667. The van der Waals surface area contributed by atoms with Crippen LogP contribution in [0.15, 0.2) is 38.6 Å². The molecular weight excluding hydrogens is 298 g/mol. The Bertz CT molecular complexity index is 637. The molecule has 0 bridgehead atoms. The summed E-state index contributed by atoms with van der Waals surface area (Å²) in [5.74, 6) is 0.203. The second-order valence-corrected chi connectivity index (χ2v) is 4.33. The monoisotopic (exact) mass is 307 g/mol. The molecule has 2 rings (SSSR count). The Kier molecular flexibility index (Phi) is 3.83. The summed E-state index contributed by atoms with van der Waals surface area (Å²) in [5.41, 5.74) is 3.54. The highest BCUT2D eigenvalue weighted by Gasteiger charge is 1.98. The van der Waals surface area contributed by atoms with Crippen molar-refractivity contribution in [1.82, 2.24) is 15.2 Å². The van der Waals surface area contributed by atoms with Gasteiger partial charge in [0.15, 0.2) is 0 Å². The van der Waals surface area contributed by atoms with Crippen LogP contribution in [0.25, 0.3) is 0 Å². The Labute approximate surface area is 111 Å². The van der Waals surface area contributed by atoms with Crippen LogP contribution in [0.5, 0.6) is 0 Å². The molecule has 0 aliphatic carbocycles. The average Bonchev–Trinajstić information content (AvgIpc) is 2.36. The van der Waals surface area contributed by atoms with E-state index in [9.17, 15) is 4.79 Å². The molecule has 2 aromatic rings. The highest BCUT2D eigenvalue weighted by Crippen LogP contribution is 2.13. The third-order valence-corrected chi connectivity index (χ3v) is 2.86. The summed E-state index contributed by atoms with van der Waals surface area (Å²) in [6.45, 7) is 1.58. The van der Waals surface area contributed by atoms with Gasteiger partial charge in [0.2, 0.25) is 5.95 Å². The first-order valence-corrected chi connectivity index (χ1v) is 5.93. The molecule has 1 heterocycles. The molecule has 0 amide bonds. The van der Waals surface area contributed by atoms with E-state index < -0.39 is 0 Å². The Morgan fingerprint density at radius 3 is 2.89 bits per heavy atom. The number of nitrogens with zero attached hydrogens (tertiary/aromatic N) is 3. The van der Waals surface area contributed by atoms with Crippen LogP contribution in [0.4, 0.5) is 5.95 Å². The van der Waals surface area contributed by atoms with Crippen molar-refractivity contribution >= 4 is 28.1 Å². The minimum Gasteiger partial charge on any atom is -0.288 e. The van der Waals surface area contributed by atoms with Crippen LogP contribution in [0.2, 0.25) is 0 Å². The molecule has 0 atom stereocenters. The SMILES string of the molecule is Cc1nnc(N/N=C\c2ccccc2Br)[nH]c1=O. The second-order valence-electron chi connectivity index (χ2n) is 3.48. The summed E-state index contributed by atoms with van der Waals surface area (Å²) in [6.07, 6.45) is 1.62. The molecule has 2 N–H and O–H groups in total. The van der Waals surface area contributed by atoms with Gasteiger partial charge in [-0.15, -0.1) is 10.2 Å². The zero-order chi connectivity index (χ0) is 13.0. The van der Waals surface area contributed by atoms with E-state index in [1.165, 1.54) is 0 Å². The molecule has 6 nitrogen and oxygen atoms in total. The fourth-order valence-corrected chi connectivity index (χ4v) is 1.57. The number of hydrazone groups is 1. The van der Waals surface area contributed by atoms with Gasteiger partial charge >= 0.3 is 0 Å². The zero-order valence-corrected chi connectivity index (χ0v) is 11.1. The van der Waals surface area contributed by atoms with Crippen molar-refractivity contribution in [2.45, 2.75) is 6.92 Å². The molecule has 0 radical (unpaired) electrons. The summed E-state index contributed by atoms with van der Waals surface area (Å²) in [5, 5.41) is 11.4. The molecular formula is C11H10BrN5O. The molecule has 0 aliphatic heterocycles. The van der Waals surface area contributed by atoms with Crippen molar-refractivity contribution in [2.24, 2.45) is 5.10 Å². The van der Waals surface area contributed by atoms with Gasteiger partial charge in [-0.3, -0.25) is 9.78 Å². The van der Waals surface area contributed by atoms with Crippen LogP contribution in [0.3, 0.4) is 0 Å². The Morgan fingerprint density at radius 1 is 1.39 bits per heavy atom. The van der Waals surface area contributed by atoms with Crippen molar-refractivity contribution in [2.75, 3.05) is 5.43 Å². The zero-order valence-electron chi connectivity index (χ0n) is 9.51. The van der Waals surface area contributed by atoms with Gasteiger partial charge in [-0.25, -0.2) is 5.43 Å². The number of hydrogen-bond acceptors (Lipinski definition) is 5. The number of rotatable bonds is 3. The predicted molar refractivity (Wildman–Crippen MR) is 72.7 cm³/mol. The van der Waals surface area contributed by atoms with Crippen molar-refractivity contribution in [3.8, 4) is 0 Å². The maximum absolute atomic E-state index is 11.3. The summed E-state index contributed by atoms with van der Waals surface area (Å²) >= 11 is 3.40. The van der Waals surface area contributed by atoms with E-state index in [-0.39, 0.29) is 11.5 Å². The van der Waals surface area contributed by atoms with Gasteiger partial charge in [0.05, 0.1) is 6.21 Å². The highest BCUT2D eigenvalue weighted by atomic mass is 79.9. The van der Waals surface area contributed by atoms with Crippen molar-refractivity contribution in [3.63, 3.8) is 0 Å². The van der Waals surface area contributed by atoms with E-state index in [1.807, 2.05) is 24.3 Å². The normalized spacial score (nSPS) is 10.8. The molecule has 1 aromatic carbocycles. The van der Waals surface area contributed by atoms with E-state index in [0.717, 1.165) is 10.0 Å². The van der Waals surface area contributed by atoms with Gasteiger partial charge in [-0.1, -0.05) is 34.1 Å². The number of benzene rings is 1.